The van der Waals surface area contributed by atoms with Crippen molar-refractivity contribution in [3.63, 3.8) is 0 Å². The van der Waals surface area contributed by atoms with Gasteiger partial charge in [0, 0.05) is 22.7 Å². The van der Waals surface area contributed by atoms with Gasteiger partial charge >= 0.3 is 0 Å². The predicted octanol–water partition coefficient (Wildman–Crippen LogP) is 1.57. The van der Waals surface area contributed by atoms with E-state index in [0.717, 1.165) is 21.5 Å². The molecule has 0 radical (unpaired) electrons. The lowest BCUT2D eigenvalue weighted by molar-refractivity contribution is 0.104. The van der Waals surface area contributed by atoms with E-state index in [1.807, 2.05) is 36.4 Å². The van der Waals surface area contributed by atoms with Crippen molar-refractivity contribution in [2.45, 2.75) is 0 Å². The fourth-order valence-corrected chi connectivity index (χ4v) is 2.45. The standard InChI is InChI=1S/C15H8N2O/c18-13-7-8-16-12-6-5-10-9-3-1-2-4-11(9)17-15(10)14(12)13/h1-8H. The van der Waals surface area contributed by atoms with Crippen LogP contribution < -0.4 is 10.7 Å². The maximum atomic E-state index is 12.0. The highest BCUT2D eigenvalue weighted by Crippen LogP contribution is 2.22. The molecule has 2 aliphatic rings. The van der Waals surface area contributed by atoms with Crippen LogP contribution in [-0.4, -0.2) is 5.78 Å². The lowest BCUT2D eigenvalue weighted by Gasteiger charge is -2.04. The first-order valence-corrected chi connectivity index (χ1v) is 5.74. The van der Waals surface area contributed by atoms with Crippen LogP contribution in [0.4, 0.5) is 5.69 Å². The summed E-state index contributed by atoms with van der Waals surface area (Å²) in [5.74, 6) is -0.0200. The van der Waals surface area contributed by atoms with Crippen molar-refractivity contribution in [2.24, 2.45) is 9.98 Å². The van der Waals surface area contributed by atoms with E-state index < -0.39 is 0 Å². The Hall–Kier alpha value is -2.55. The van der Waals surface area contributed by atoms with Gasteiger partial charge < -0.3 is 0 Å². The van der Waals surface area contributed by atoms with Crippen molar-refractivity contribution < 1.29 is 4.79 Å². The topological polar surface area (TPSA) is 41.8 Å². The molecule has 0 bridgehead atoms. The van der Waals surface area contributed by atoms with Gasteiger partial charge in [-0.2, -0.15) is 0 Å². The first kappa shape index (κ1) is 9.48. The molecule has 0 N–H and O–H groups in total. The fourth-order valence-electron chi connectivity index (χ4n) is 2.45. The molecule has 0 saturated heterocycles. The summed E-state index contributed by atoms with van der Waals surface area (Å²) in [6, 6.07) is 11.8. The van der Waals surface area contributed by atoms with Gasteiger partial charge in [-0.1, -0.05) is 18.2 Å². The number of rotatable bonds is 0. The Morgan fingerprint density at radius 1 is 0.889 bits per heavy atom. The third kappa shape index (κ3) is 1.10. The van der Waals surface area contributed by atoms with E-state index in [2.05, 4.69) is 9.98 Å². The van der Waals surface area contributed by atoms with Crippen molar-refractivity contribution in [2.75, 3.05) is 0 Å². The number of para-hydroxylation sites is 1. The maximum Gasteiger partial charge on any atom is 0.191 e. The minimum absolute atomic E-state index is 0.0200. The summed E-state index contributed by atoms with van der Waals surface area (Å²) in [6.07, 6.45) is 3.03. The van der Waals surface area contributed by atoms with Gasteiger partial charge in [0.05, 0.1) is 22.0 Å². The van der Waals surface area contributed by atoms with Crippen molar-refractivity contribution >= 4 is 11.5 Å². The molecule has 18 heavy (non-hydrogen) atoms. The largest absolute Gasteiger partial charge is 0.289 e. The van der Waals surface area contributed by atoms with Gasteiger partial charge in [-0.15, -0.1) is 0 Å². The Kier molecular flexibility index (Phi) is 1.70. The number of hydrogen-bond acceptors (Lipinski definition) is 3. The highest BCUT2D eigenvalue weighted by Gasteiger charge is 2.17. The van der Waals surface area contributed by atoms with E-state index in [1.165, 1.54) is 6.08 Å². The molecular formula is C15H8N2O. The van der Waals surface area contributed by atoms with Crippen LogP contribution >= 0.6 is 0 Å². The van der Waals surface area contributed by atoms with E-state index in [9.17, 15) is 4.79 Å². The quantitative estimate of drug-likeness (QED) is 0.580. The number of hydrogen-bond donors (Lipinski definition) is 0. The van der Waals surface area contributed by atoms with Gasteiger partial charge in [0.2, 0.25) is 0 Å². The number of ketones is 1. The molecule has 3 nitrogen and oxygen atoms in total. The van der Waals surface area contributed by atoms with Crippen LogP contribution in [-0.2, 0) is 0 Å². The van der Waals surface area contributed by atoms with E-state index in [4.69, 9.17) is 0 Å². The van der Waals surface area contributed by atoms with E-state index in [0.29, 0.717) is 10.9 Å². The zero-order valence-corrected chi connectivity index (χ0v) is 9.42. The second kappa shape index (κ2) is 3.23. The molecular weight excluding hydrogens is 224 g/mol. The van der Waals surface area contributed by atoms with Crippen LogP contribution in [0, 0.1) is 10.4 Å². The van der Waals surface area contributed by atoms with Gasteiger partial charge in [0.15, 0.2) is 5.78 Å². The van der Waals surface area contributed by atoms with Crippen LogP contribution in [0.5, 0.6) is 0 Å². The molecule has 4 rings (SSSR count). The smallest absolute Gasteiger partial charge is 0.191 e. The molecule has 0 amide bonds. The molecule has 2 heterocycles. The molecule has 0 spiro atoms. The third-order valence-electron chi connectivity index (χ3n) is 3.27. The average molecular weight is 232 g/mol. The summed E-state index contributed by atoms with van der Waals surface area (Å²) in [5.41, 5.74) is 1.37. The first-order chi connectivity index (χ1) is 8.84. The summed E-state index contributed by atoms with van der Waals surface area (Å²) in [7, 11) is 0. The zero-order valence-electron chi connectivity index (χ0n) is 9.42. The molecule has 0 atom stereocenters. The van der Waals surface area contributed by atoms with Gasteiger partial charge in [-0.25, -0.2) is 4.99 Å². The van der Waals surface area contributed by atoms with Crippen molar-refractivity contribution in [1.82, 2.24) is 0 Å². The van der Waals surface area contributed by atoms with Crippen molar-refractivity contribution in [1.29, 1.82) is 0 Å². The van der Waals surface area contributed by atoms with E-state index in [-0.39, 0.29) is 5.78 Å². The van der Waals surface area contributed by atoms with Gasteiger partial charge in [0.1, 0.15) is 0 Å². The number of carbonyl (C=O) groups excluding carboxylic acids is 1. The molecule has 0 unspecified atom stereocenters. The highest BCUT2D eigenvalue weighted by molar-refractivity contribution is 6.08. The van der Waals surface area contributed by atoms with Crippen molar-refractivity contribution in [3.8, 4) is 0 Å². The second-order valence-corrected chi connectivity index (χ2v) is 4.29. The first-order valence-electron chi connectivity index (χ1n) is 5.74. The summed E-state index contributed by atoms with van der Waals surface area (Å²) >= 11 is 0. The monoisotopic (exact) mass is 232 g/mol. The molecule has 2 aliphatic heterocycles. The molecule has 2 aromatic rings. The number of allylic oxidation sites excluding steroid dienone is 1. The Morgan fingerprint density at radius 3 is 2.72 bits per heavy atom. The van der Waals surface area contributed by atoms with Crippen LogP contribution in [0.3, 0.4) is 0 Å². The number of carbonyl (C=O) groups is 1. The van der Waals surface area contributed by atoms with Crippen molar-refractivity contribution in [3.05, 3.63) is 75.4 Å². The third-order valence-corrected chi connectivity index (χ3v) is 3.27. The second-order valence-electron chi connectivity index (χ2n) is 4.29. The minimum atomic E-state index is -0.0200. The van der Waals surface area contributed by atoms with Crippen LogP contribution in [0.1, 0.15) is 10.4 Å². The summed E-state index contributed by atoms with van der Waals surface area (Å²) < 4.78 is 0. The van der Waals surface area contributed by atoms with Crippen LogP contribution in [0.2, 0.25) is 0 Å². The molecule has 0 aromatic heterocycles. The molecule has 0 aliphatic carbocycles. The van der Waals surface area contributed by atoms with E-state index in [1.54, 1.807) is 6.20 Å². The lowest BCUT2D eigenvalue weighted by Crippen LogP contribution is -2.16. The van der Waals surface area contributed by atoms with Gasteiger partial charge in [-0.3, -0.25) is 9.79 Å². The van der Waals surface area contributed by atoms with E-state index >= 15 is 0 Å². The lowest BCUT2D eigenvalue weighted by atomic mass is 10.0. The molecule has 84 valence electrons. The normalized spacial score (nSPS) is 14.3. The summed E-state index contributed by atoms with van der Waals surface area (Å²) in [6.45, 7) is 0. The summed E-state index contributed by atoms with van der Waals surface area (Å²) in [5, 5.41) is 3.72. The van der Waals surface area contributed by atoms with Gasteiger partial charge in [0.25, 0.3) is 0 Å². The van der Waals surface area contributed by atoms with Crippen LogP contribution in [0.25, 0.3) is 0 Å². The zero-order chi connectivity index (χ0) is 12.1. The average Bonchev–Trinajstić information content (AvgIpc) is 2.77. The number of benzene rings is 2. The Balaban J connectivity index is 2.29. The molecule has 0 saturated carbocycles. The number of nitrogens with zero attached hydrogens (tertiary/aromatic N) is 2. The summed E-state index contributed by atoms with van der Waals surface area (Å²) in [4.78, 5) is 20.8. The molecule has 3 heteroatoms. The molecule has 2 aromatic carbocycles. The minimum Gasteiger partial charge on any atom is -0.289 e. The number of fused-ring (bicyclic) bond motifs is 4. The van der Waals surface area contributed by atoms with Gasteiger partial charge in [-0.05, 0) is 18.2 Å². The molecule has 0 fully saturated rings. The Morgan fingerprint density at radius 2 is 1.78 bits per heavy atom. The Labute approximate surface area is 102 Å². The van der Waals surface area contributed by atoms with Crippen LogP contribution in [0.15, 0.2) is 58.7 Å². The maximum absolute atomic E-state index is 12.0. The predicted molar refractivity (Wildman–Crippen MR) is 66.0 cm³/mol. The SMILES string of the molecule is O=C1C=CN=c2ccc3c(c21)N=c1ccccc1=3. The Bertz CT molecular complexity index is 939. The highest BCUT2D eigenvalue weighted by atomic mass is 16.1. The fraction of sp³-hybridized carbons (Fsp3) is 0.